The molecular formula is C13H18N4O3. The van der Waals surface area contributed by atoms with E-state index in [0.717, 1.165) is 18.9 Å². The Kier molecular flexibility index (Phi) is 4.89. The summed E-state index contributed by atoms with van der Waals surface area (Å²) in [7, 11) is 0. The van der Waals surface area contributed by atoms with Gasteiger partial charge in [0.15, 0.2) is 0 Å². The van der Waals surface area contributed by atoms with Crippen molar-refractivity contribution >= 4 is 17.6 Å². The van der Waals surface area contributed by atoms with Crippen molar-refractivity contribution in [2.45, 2.75) is 0 Å². The summed E-state index contributed by atoms with van der Waals surface area (Å²) in [6.07, 6.45) is 1.75. The fourth-order valence-corrected chi connectivity index (χ4v) is 2.06. The van der Waals surface area contributed by atoms with Gasteiger partial charge < -0.3 is 20.3 Å². The Morgan fingerprint density at radius 3 is 2.55 bits per heavy atom. The number of hydrogen-bond donors (Lipinski definition) is 1. The molecule has 0 bridgehead atoms. The highest BCUT2D eigenvalue weighted by atomic mass is 16.5. The first kappa shape index (κ1) is 14.3. The summed E-state index contributed by atoms with van der Waals surface area (Å²) in [6.45, 7) is 2.38. The largest absolute Gasteiger partial charge is 0.368 e. The van der Waals surface area contributed by atoms with Gasteiger partial charge in [-0.25, -0.2) is 4.98 Å². The van der Waals surface area contributed by atoms with Gasteiger partial charge in [0.05, 0.1) is 0 Å². The van der Waals surface area contributed by atoms with Crippen molar-refractivity contribution in [1.29, 1.82) is 0 Å². The fraction of sp³-hybridized carbons (Fsp3) is 0.462. The van der Waals surface area contributed by atoms with E-state index in [1.165, 1.54) is 0 Å². The van der Waals surface area contributed by atoms with E-state index >= 15 is 0 Å². The summed E-state index contributed by atoms with van der Waals surface area (Å²) in [4.78, 5) is 30.5. The second kappa shape index (κ2) is 6.85. The first-order chi connectivity index (χ1) is 9.66. The summed E-state index contributed by atoms with van der Waals surface area (Å²) in [5.41, 5.74) is 4.94. The number of primary amides is 1. The number of anilines is 1. The molecule has 1 saturated heterocycles. The SMILES string of the molecule is NC(=O)COCC(=O)N1CCN(c2ccccn2)CC1. The molecule has 1 fully saturated rings. The molecule has 2 amide bonds. The van der Waals surface area contributed by atoms with Gasteiger partial charge in [-0.2, -0.15) is 0 Å². The van der Waals surface area contributed by atoms with Crippen LogP contribution in [0.2, 0.25) is 0 Å². The molecule has 7 heteroatoms. The molecule has 2 N–H and O–H groups in total. The van der Waals surface area contributed by atoms with Crippen LogP contribution in [0, 0.1) is 0 Å². The van der Waals surface area contributed by atoms with Crippen LogP contribution in [-0.2, 0) is 14.3 Å². The standard InChI is InChI=1S/C13H18N4O3/c14-11(18)9-20-10-13(19)17-7-5-16(6-8-17)12-3-1-2-4-15-12/h1-4H,5-10H2,(H2,14,18). The predicted molar refractivity (Wildman–Crippen MR) is 73.0 cm³/mol. The predicted octanol–water partition coefficient (Wildman–Crippen LogP) is -0.768. The van der Waals surface area contributed by atoms with E-state index in [1.54, 1.807) is 11.1 Å². The average molecular weight is 278 g/mol. The molecule has 0 radical (unpaired) electrons. The third-order valence-electron chi connectivity index (χ3n) is 3.08. The lowest BCUT2D eigenvalue weighted by Gasteiger charge is -2.35. The maximum Gasteiger partial charge on any atom is 0.248 e. The Balaban J connectivity index is 1.76. The van der Waals surface area contributed by atoms with Gasteiger partial charge in [-0.1, -0.05) is 6.07 Å². The molecule has 1 aliphatic heterocycles. The fourth-order valence-electron chi connectivity index (χ4n) is 2.06. The van der Waals surface area contributed by atoms with Crippen LogP contribution in [0.15, 0.2) is 24.4 Å². The number of piperazine rings is 1. The first-order valence-electron chi connectivity index (χ1n) is 6.46. The molecule has 1 aliphatic rings. The molecule has 0 unspecified atom stereocenters. The van der Waals surface area contributed by atoms with E-state index in [1.807, 2.05) is 18.2 Å². The summed E-state index contributed by atoms with van der Waals surface area (Å²) < 4.78 is 4.93. The third kappa shape index (κ3) is 3.92. The second-order valence-electron chi connectivity index (χ2n) is 4.51. The minimum Gasteiger partial charge on any atom is -0.368 e. The van der Waals surface area contributed by atoms with Crippen molar-refractivity contribution < 1.29 is 14.3 Å². The van der Waals surface area contributed by atoms with E-state index < -0.39 is 5.91 Å². The molecule has 0 saturated carbocycles. The Hall–Kier alpha value is -2.15. The summed E-state index contributed by atoms with van der Waals surface area (Å²) in [5.74, 6) is 0.231. The van der Waals surface area contributed by atoms with E-state index in [4.69, 9.17) is 10.5 Å². The summed E-state index contributed by atoms with van der Waals surface area (Å²) in [5, 5.41) is 0. The number of nitrogens with two attached hydrogens (primary N) is 1. The number of amides is 2. The van der Waals surface area contributed by atoms with Gasteiger partial charge in [0, 0.05) is 32.4 Å². The monoisotopic (exact) mass is 278 g/mol. The zero-order chi connectivity index (χ0) is 14.4. The maximum absolute atomic E-state index is 11.8. The third-order valence-corrected chi connectivity index (χ3v) is 3.08. The number of carbonyl (C=O) groups excluding carboxylic acids is 2. The highest BCUT2D eigenvalue weighted by Gasteiger charge is 2.21. The van der Waals surface area contributed by atoms with E-state index in [-0.39, 0.29) is 19.1 Å². The Morgan fingerprint density at radius 1 is 1.20 bits per heavy atom. The van der Waals surface area contributed by atoms with E-state index in [9.17, 15) is 9.59 Å². The van der Waals surface area contributed by atoms with E-state index in [0.29, 0.717) is 13.1 Å². The van der Waals surface area contributed by atoms with Crippen molar-refractivity contribution in [1.82, 2.24) is 9.88 Å². The average Bonchev–Trinajstić information content (AvgIpc) is 2.48. The van der Waals surface area contributed by atoms with Crippen molar-refractivity contribution in [2.75, 3.05) is 44.3 Å². The highest BCUT2D eigenvalue weighted by molar-refractivity contribution is 5.79. The number of hydrogen-bond acceptors (Lipinski definition) is 5. The van der Waals surface area contributed by atoms with Crippen molar-refractivity contribution in [3.63, 3.8) is 0 Å². The normalized spacial score (nSPS) is 15.2. The van der Waals surface area contributed by atoms with Crippen LogP contribution in [-0.4, -0.2) is 61.1 Å². The van der Waals surface area contributed by atoms with E-state index in [2.05, 4.69) is 9.88 Å². The van der Waals surface area contributed by atoms with Crippen molar-refractivity contribution in [3.8, 4) is 0 Å². The van der Waals surface area contributed by atoms with Gasteiger partial charge >= 0.3 is 0 Å². The molecule has 1 aromatic heterocycles. The molecule has 0 aliphatic carbocycles. The minimum absolute atomic E-state index is 0.105. The number of nitrogens with zero attached hydrogens (tertiary/aromatic N) is 3. The number of aromatic nitrogens is 1. The first-order valence-corrected chi connectivity index (χ1v) is 6.46. The molecule has 108 valence electrons. The molecule has 1 aromatic rings. The molecular weight excluding hydrogens is 260 g/mol. The molecule has 2 heterocycles. The lowest BCUT2D eigenvalue weighted by molar-refractivity contribution is -0.138. The lowest BCUT2D eigenvalue weighted by Crippen LogP contribution is -2.50. The van der Waals surface area contributed by atoms with Crippen LogP contribution in [0.4, 0.5) is 5.82 Å². The van der Waals surface area contributed by atoms with Crippen LogP contribution in [0.1, 0.15) is 0 Å². The zero-order valence-electron chi connectivity index (χ0n) is 11.2. The number of carbonyl (C=O) groups is 2. The van der Waals surface area contributed by atoms with Crippen molar-refractivity contribution in [2.24, 2.45) is 5.73 Å². The number of pyridine rings is 1. The van der Waals surface area contributed by atoms with Gasteiger partial charge in [-0.15, -0.1) is 0 Å². The molecule has 20 heavy (non-hydrogen) atoms. The maximum atomic E-state index is 11.8. The topological polar surface area (TPSA) is 88.8 Å². The Bertz CT molecular complexity index is 458. The molecule has 0 spiro atoms. The minimum atomic E-state index is -0.572. The van der Waals surface area contributed by atoms with Crippen molar-refractivity contribution in [3.05, 3.63) is 24.4 Å². The molecule has 7 nitrogen and oxygen atoms in total. The summed E-state index contributed by atoms with van der Waals surface area (Å²) in [6, 6.07) is 5.77. The second-order valence-corrected chi connectivity index (χ2v) is 4.51. The molecule has 0 atom stereocenters. The van der Waals surface area contributed by atoms with Crippen LogP contribution in [0.3, 0.4) is 0 Å². The molecule has 0 aromatic carbocycles. The highest BCUT2D eigenvalue weighted by Crippen LogP contribution is 2.12. The number of ether oxygens (including phenoxy) is 1. The Morgan fingerprint density at radius 2 is 1.95 bits per heavy atom. The summed E-state index contributed by atoms with van der Waals surface area (Å²) >= 11 is 0. The van der Waals surface area contributed by atoms with Crippen LogP contribution in [0.25, 0.3) is 0 Å². The van der Waals surface area contributed by atoms with Gasteiger partial charge in [-0.05, 0) is 12.1 Å². The number of rotatable bonds is 5. The van der Waals surface area contributed by atoms with Gasteiger partial charge in [-0.3, -0.25) is 9.59 Å². The van der Waals surface area contributed by atoms with Crippen LogP contribution < -0.4 is 10.6 Å². The van der Waals surface area contributed by atoms with Crippen LogP contribution >= 0.6 is 0 Å². The zero-order valence-corrected chi connectivity index (χ0v) is 11.2. The van der Waals surface area contributed by atoms with Gasteiger partial charge in [0.1, 0.15) is 19.0 Å². The quantitative estimate of drug-likeness (QED) is 0.764. The molecule has 2 rings (SSSR count). The van der Waals surface area contributed by atoms with Crippen LogP contribution in [0.5, 0.6) is 0 Å². The lowest BCUT2D eigenvalue weighted by atomic mass is 10.3. The van der Waals surface area contributed by atoms with Gasteiger partial charge in [0.25, 0.3) is 0 Å². The smallest absolute Gasteiger partial charge is 0.248 e. The van der Waals surface area contributed by atoms with Gasteiger partial charge in [0.2, 0.25) is 11.8 Å². The Labute approximate surface area is 117 Å².